The summed E-state index contributed by atoms with van der Waals surface area (Å²) in [6, 6.07) is 1.44. The fraction of sp³-hybridized carbons (Fsp3) is 1.00. The topological polar surface area (TPSA) is 18.5 Å². The number of nitrogens with zero attached hydrogens (tertiary/aromatic N) is 2. The van der Waals surface area contributed by atoms with Crippen LogP contribution >= 0.6 is 0 Å². The first-order valence-corrected chi connectivity index (χ1v) is 7.21. The zero-order chi connectivity index (χ0) is 12.4. The summed E-state index contributed by atoms with van der Waals surface area (Å²) in [5.74, 6) is 1.67. The molecule has 4 atom stereocenters. The van der Waals surface area contributed by atoms with Crippen molar-refractivity contribution >= 4 is 0 Å². The minimum atomic E-state index is 0.715. The minimum absolute atomic E-state index is 0.715. The zero-order valence-corrected chi connectivity index (χ0v) is 11.9. The SMILES string of the molecule is CNC1CCN(CC2CCN(C)C2)C(C)C1C. The second kappa shape index (κ2) is 5.68. The van der Waals surface area contributed by atoms with Gasteiger partial charge in [0.1, 0.15) is 0 Å². The average Bonchev–Trinajstić information content (AvgIpc) is 2.71. The third kappa shape index (κ3) is 3.01. The van der Waals surface area contributed by atoms with Gasteiger partial charge in [0.25, 0.3) is 0 Å². The van der Waals surface area contributed by atoms with E-state index in [1.54, 1.807) is 0 Å². The standard InChI is InChI=1S/C14H29N3/c1-11-12(2)17(8-6-14(11)15-3)10-13-5-7-16(4)9-13/h11-15H,5-10H2,1-4H3. The Morgan fingerprint density at radius 3 is 2.53 bits per heavy atom. The lowest BCUT2D eigenvalue weighted by atomic mass is 9.86. The van der Waals surface area contributed by atoms with Crippen LogP contribution in [0, 0.1) is 11.8 Å². The predicted molar refractivity (Wildman–Crippen MR) is 73.3 cm³/mol. The fourth-order valence-corrected chi connectivity index (χ4v) is 3.61. The summed E-state index contributed by atoms with van der Waals surface area (Å²) in [5.41, 5.74) is 0. The molecule has 0 saturated carbocycles. The summed E-state index contributed by atoms with van der Waals surface area (Å²) in [4.78, 5) is 5.20. The lowest BCUT2D eigenvalue weighted by molar-refractivity contribution is 0.0738. The average molecular weight is 239 g/mol. The van der Waals surface area contributed by atoms with Crippen LogP contribution in [0.1, 0.15) is 26.7 Å². The second-order valence-corrected chi connectivity index (χ2v) is 6.20. The monoisotopic (exact) mass is 239 g/mol. The van der Waals surface area contributed by atoms with Crippen LogP contribution in [0.5, 0.6) is 0 Å². The van der Waals surface area contributed by atoms with Crippen LogP contribution in [0.3, 0.4) is 0 Å². The molecule has 0 bridgehead atoms. The van der Waals surface area contributed by atoms with Crippen molar-refractivity contribution in [2.75, 3.05) is 40.3 Å². The molecule has 0 aromatic carbocycles. The molecule has 0 radical (unpaired) electrons. The molecule has 0 amide bonds. The van der Waals surface area contributed by atoms with Crippen LogP contribution in [-0.4, -0.2) is 62.2 Å². The van der Waals surface area contributed by atoms with E-state index in [0.717, 1.165) is 17.9 Å². The first-order chi connectivity index (χ1) is 8.11. The summed E-state index contributed by atoms with van der Waals surface area (Å²) in [6.07, 6.45) is 2.70. The Morgan fingerprint density at radius 1 is 1.18 bits per heavy atom. The highest BCUT2D eigenvalue weighted by Gasteiger charge is 2.33. The van der Waals surface area contributed by atoms with Crippen molar-refractivity contribution in [1.82, 2.24) is 15.1 Å². The van der Waals surface area contributed by atoms with E-state index in [1.807, 2.05) is 0 Å². The molecule has 0 spiro atoms. The summed E-state index contributed by atoms with van der Waals surface area (Å²) >= 11 is 0. The minimum Gasteiger partial charge on any atom is -0.317 e. The molecule has 2 aliphatic rings. The van der Waals surface area contributed by atoms with Crippen LogP contribution in [0.25, 0.3) is 0 Å². The van der Waals surface area contributed by atoms with Crippen molar-refractivity contribution in [3.8, 4) is 0 Å². The molecule has 2 rings (SSSR count). The van der Waals surface area contributed by atoms with Gasteiger partial charge in [-0.15, -0.1) is 0 Å². The molecule has 1 N–H and O–H groups in total. The fourth-order valence-electron chi connectivity index (χ4n) is 3.61. The van der Waals surface area contributed by atoms with Crippen molar-refractivity contribution in [2.24, 2.45) is 11.8 Å². The Morgan fingerprint density at radius 2 is 1.94 bits per heavy atom. The Bertz CT molecular complexity index is 244. The van der Waals surface area contributed by atoms with Crippen molar-refractivity contribution in [1.29, 1.82) is 0 Å². The molecule has 2 aliphatic heterocycles. The summed E-state index contributed by atoms with van der Waals surface area (Å²) in [5, 5.41) is 3.47. The maximum atomic E-state index is 3.47. The van der Waals surface area contributed by atoms with Crippen molar-refractivity contribution in [2.45, 2.75) is 38.8 Å². The van der Waals surface area contributed by atoms with Gasteiger partial charge in [-0.25, -0.2) is 0 Å². The van der Waals surface area contributed by atoms with Crippen LogP contribution in [-0.2, 0) is 0 Å². The van der Waals surface area contributed by atoms with E-state index in [1.165, 1.54) is 39.0 Å². The Kier molecular flexibility index (Phi) is 4.45. The Balaban J connectivity index is 1.85. The van der Waals surface area contributed by atoms with Gasteiger partial charge in [-0.05, 0) is 58.8 Å². The van der Waals surface area contributed by atoms with Gasteiger partial charge >= 0.3 is 0 Å². The van der Waals surface area contributed by atoms with E-state index in [0.29, 0.717) is 6.04 Å². The van der Waals surface area contributed by atoms with E-state index in [4.69, 9.17) is 0 Å². The molecule has 100 valence electrons. The van der Waals surface area contributed by atoms with E-state index >= 15 is 0 Å². The van der Waals surface area contributed by atoms with Gasteiger partial charge in [0.15, 0.2) is 0 Å². The molecule has 2 saturated heterocycles. The van der Waals surface area contributed by atoms with Gasteiger partial charge in [-0.3, -0.25) is 4.90 Å². The first kappa shape index (κ1) is 13.3. The van der Waals surface area contributed by atoms with Gasteiger partial charge in [-0.1, -0.05) is 6.92 Å². The third-order valence-corrected chi connectivity index (χ3v) is 5.05. The highest BCUT2D eigenvalue weighted by atomic mass is 15.2. The van der Waals surface area contributed by atoms with Crippen LogP contribution in [0.15, 0.2) is 0 Å². The largest absolute Gasteiger partial charge is 0.317 e. The van der Waals surface area contributed by atoms with Crippen molar-refractivity contribution in [3.63, 3.8) is 0 Å². The molecule has 0 aromatic heterocycles. The van der Waals surface area contributed by atoms with E-state index in [-0.39, 0.29) is 0 Å². The summed E-state index contributed by atoms with van der Waals surface area (Å²) < 4.78 is 0. The maximum Gasteiger partial charge on any atom is 0.0117 e. The quantitative estimate of drug-likeness (QED) is 0.800. The molecule has 0 aliphatic carbocycles. The van der Waals surface area contributed by atoms with Gasteiger partial charge in [0, 0.05) is 25.2 Å². The number of piperidine rings is 1. The van der Waals surface area contributed by atoms with Gasteiger partial charge in [-0.2, -0.15) is 0 Å². The Hall–Kier alpha value is -0.120. The molecule has 2 heterocycles. The van der Waals surface area contributed by atoms with E-state index < -0.39 is 0 Å². The number of likely N-dealkylation sites (tertiary alicyclic amines) is 2. The molecular formula is C14H29N3. The number of nitrogens with one attached hydrogen (secondary N) is 1. The summed E-state index contributed by atoms with van der Waals surface area (Å²) in [7, 11) is 4.36. The highest BCUT2D eigenvalue weighted by Crippen LogP contribution is 2.26. The predicted octanol–water partition coefficient (Wildman–Crippen LogP) is 1.26. The molecule has 3 nitrogen and oxygen atoms in total. The smallest absolute Gasteiger partial charge is 0.0117 e. The van der Waals surface area contributed by atoms with Crippen LogP contribution in [0.2, 0.25) is 0 Å². The first-order valence-electron chi connectivity index (χ1n) is 7.21. The molecule has 0 aromatic rings. The number of rotatable bonds is 3. The van der Waals surface area contributed by atoms with Crippen LogP contribution in [0.4, 0.5) is 0 Å². The van der Waals surface area contributed by atoms with Crippen molar-refractivity contribution in [3.05, 3.63) is 0 Å². The third-order valence-electron chi connectivity index (χ3n) is 5.05. The molecular weight excluding hydrogens is 210 g/mol. The zero-order valence-electron chi connectivity index (χ0n) is 11.9. The molecule has 17 heavy (non-hydrogen) atoms. The number of hydrogen-bond acceptors (Lipinski definition) is 3. The lowest BCUT2D eigenvalue weighted by Gasteiger charge is -2.43. The van der Waals surface area contributed by atoms with Crippen molar-refractivity contribution < 1.29 is 0 Å². The van der Waals surface area contributed by atoms with Gasteiger partial charge in [0.2, 0.25) is 0 Å². The molecule has 4 unspecified atom stereocenters. The molecule has 2 fully saturated rings. The highest BCUT2D eigenvalue weighted by molar-refractivity contribution is 4.89. The Labute approximate surface area is 107 Å². The van der Waals surface area contributed by atoms with Gasteiger partial charge in [0.05, 0.1) is 0 Å². The lowest BCUT2D eigenvalue weighted by Crippen LogP contribution is -2.53. The summed E-state index contributed by atoms with van der Waals surface area (Å²) in [6.45, 7) is 9.99. The van der Waals surface area contributed by atoms with E-state index in [9.17, 15) is 0 Å². The number of hydrogen-bond donors (Lipinski definition) is 1. The molecule has 3 heteroatoms. The maximum absolute atomic E-state index is 3.47. The van der Waals surface area contributed by atoms with Gasteiger partial charge < -0.3 is 10.2 Å². The normalized spacial score (nSPS) is 40.9. The van der Waals surface area contributed by atoms with Crippen LogP contribution < -0.4 is 5.32 Å². The van der Waals surface area contributed by atoms with E-state index in [2.05, 4.69) is 43.1 Å². The second-order valence-electron chi connectivity index (χ2n) is 6.20.